The Balaban J connectivity index is 2.54. The average molecular weight is 362 g/mol. The minimum absolute atomic E-state index is 0.0499. The lowest BCUT2D eigenvalue weighted by molar-refractivity contribution is 0.316. The van der Waals surface area contributed by atoms with Gasteiger partial charge in [-0.3, -0.25) is 0 Å². The number of benzene rings is 1. The highest BCUT2D eigenvalue weighted by Crippen LogP contribution is 2.27. The normalized spacial score (nSPS) is 13.3. The van der Waals surface area contributed by atoms with Gasteiger partial charge in [-0.25, -0.2) is 0 Å². The van der Waals surface area contributed by atoms with Crippen LogP contribution in [0.4, 0.5) is 8.78 Å². The van der Waals surface area contributed by atoms with Crippen molar-refractivity contribution in [2.45, 2.75) is 26.7 Å². The predicted octanol–water partition coefficient (Wildman–Crippen LogP) is 6.26. The third kappa shape index (κ3) is 6.51. The smallest absolute Gasteiger partial charge is 0.204 e. The molecule has 0 aliphatic rings. The fourth-order valence-electron chi connectivity index (χ4n) is 2.21. The molecule has 0 heterocycles. The first-order chi connectivity index (χ1) is 12.3. The second-order valence-corrected chi connectivity index (χ2v) is 6.44. The molecule has 0 aliphatic carbocycles. The number of rotatable bonds is 11. The van der Waals surface area contributed by atoms with Crippen LogP contribution < -0.4 is 9.47 Å². The van der Waals surface area contributed by atoms with E-state index in [4.69, 9.17) is 9.47 Å². The lowest BCUT2D eigenvalue weighted by Crippen LogP contribution is -2.03. The highest BCUT2D eigenvalue weighted by Gasteiger charge is 2.15. The van der Waals surface area contributed by atoms with E-state index in [0.29, 0.717) is 17.4 Å². The van der Waals surface area contributed by atoms with Gasteiger partial charge in [0.15, 0.2) is 11.5 Å². The number of allylic oxidation sites excluding steroid dienone is 3. The van der Waals surface area contributed by atoms with Gasteiger partial charge in [0.1, 0.15) is 6.61 Å². The van der Waals surface area contributed by atoms with Crippen molar-refractivity contribution >= 4 is 0 Å². The molecule has 0 spiro atoms. The summed E-state index contributed by atoms with van der Waals surface area (Å²) in [5, 5.41) is 0. The van der Waals surface area contributed by atoms with Crippen LogP contribution >= 0.6 is 0 Å². The van der Waals surface area contributed by atoms with E-state index >= 15 is 0 Å². The van der Waals surface area contributed by atoms with E-state index < -0.39 is 11.6 Å². The Labute approximate surface area is 155 Å². The van der Waals surface area contributed by atoms with Gasteiger partial charge in [-0.2, -0.15) is 8.78 Å². The maximum Gasteiger partial charge on any atom is 0.204 e. The molecule has 1 aromatic rings. The van der Waals surface area contributed by atoms with Gasteiger partial charge >= 0.3 is 0 Å². The minimum atomic E-state index is -1.07. The second kappa shape index (κ2) is 10.6. The zero-order valence-corrected chi connectivity index (χ0v) is 15.9. The zero-order chi connectivity index (χ0) is 19.7. The molecule has 0 amide bonds. The molecule has 2 nitrogen and oxygen atoms in total. The van der Waals surface area contributed by atoms with Crippen LogP contribution in [0.15, 0.2) is 61.2 Å². The summed E-state index contributed by atoms with van der Waals surface area (Å²) in [6.07, 6.45) is 7.71. The van der Waals surface area contributed by atoms with Crippen LogP contribution in [0.25, 0.3) is 0 Å². The van der Waals surface area contributed by atoms with Crippen molar-refractivity contribution in [2.24, 2.45) is 11.8 Å². The molecule has 0 radical (unpaired) electrons. The van der Waals surface area contributed by atoms with Crippen LogP contribution in [0.2, 0.25) is 0 Å². The van der Waals surface area contributed by atoms with Gasteiger partial charge in [0.05, 0.1) is 7.11 Å². The average Bonchev–Trinajstić information content (AvgIpc) is 2.64. The summed E-state index contributed by atoms with van der Waals surface area (Å²) in [4.78, 5) is 0. The summed E-state index contributed by atoms with van der Waals surface area (Å²) in [7, 11) is 1.27. The van der Waals surface area contributed by atoms with Gasteiger partial charge in [-0.1, -0.05) is 50.8 Å². The fraction of sp³-hybridized carbons (Fsp3) is 0.364. The third-order valence-electron chi connectivity index (χ3n) is 4.27. The summed E-state index contributed by atoms with van der Waals surface area (Å²) in [6.45, 7) is 16.0. The van der Waals surface area contributed by atoms with Crippen molar-refractivity contribution in [1.82, 2.24) is 0 Å². The van der Waals surface area contributed by atoms with Crippen molar-refractivity contribution in [1.29, 1.82) is 0 Å². The van der Waals surface area contributed by atoms with E-state index in [0.717, 1.165) is 18.4 Å². The summed E-state index contributed by atoms with van der Waals surface area (Å²) in [5.74, 6) is -1.65. The maximum atomic E-state index is 13.8. The van der Waals surface area contributed by atoms with Crippen molar-refractivity contribution < 1.29 is 18.3 Å². The van der Waals surface area contributed by atoms with E-state index in [1.54, 1.807) is 6.08 Å². The van der Waals surface area contributed by atoms with Gasteiger partial charge in [0.2, 0.25) is 11.6 Å². The Morgan fingerprint density at radius 3 is 2.31 bits per heavy atom. The second-order valence-electron chi connectivity index (χ2n) is 6.44. The van der Waals surface area contributed by atoms with E-state index in [1.165, 1.54) is 19.2 Å². The van der Waals surface area contributed by atoms with Crippen LogP contribution in [-0.4, -0.2) is 13.7 Å². The van der Waals surface area contributed by atoms with Crippen molar-refractivity contribution in [3.05, 3.63) is 72.9 Å². The molecular formula is C22H28F2O2. The van der Waals surface area contributed by atoms with Crippen molar-refractivity contribution in [3.8, 4) is 11.5 Å². The molecule has 142 valence electrons. The minimum Gasteiger partial charge on any atom is -0.494 e. The van der Waals surface area contributed by atoms with Gasteiger partial charge in [0.25, 0.3) is 0 Å². The molecule has 4 heteroatoms. The Hall–Kier alpha value is -2.36. The summed E-state index contributed by atoms with van der Waals surface area (Å²) < 4.78 is 37.5. The molecular weight excluding hydrogens is 334 g/mol. The summed E-state index contributed by atoms with van der Waals surface area (Å²) >= 11 is 0. The fourth-order valence-corrected chi connectivity index (χ4v) is 2.21. The number of halogens is 2. The quantitative estimate of drug-likeness (QED) is 0.342. The Morgan fingerprint density at radius 1 is 1.08 bits per heavy atom. The molecule has 0 aliphatic heterocycles. The van der Waals surface area contributed by atoms with E-state index in [2.05, 4.69) is 33.6 Å². The largest absolute Gasteiger partial charge is 0.494 e. The number of methoxy groups -OCH3 is 1. The van der Waals surface area contributed by atoms with Crippen LogP contribution in [0.5, 0.6) is 11.5 Å². The Bertz CT molecular complexity index is 677. The number of ether oxygens (including phenoxy) is 2. The van der Waals surface area contributed by atoms with E-state index in [9.17, 15) is 8.78 Å². The Morgan fingerprint density at radius 2 is 1.69 bits per heavy atom. The van der Waals surface area contributed by atoms with Crippen LogP contribution in [0.3, 0.4) is 0 Å². The first kappa shape index (κ1) is 21.7. The van der Waals surface area contributed by atoms with Crippen molar-refractivity contribution in [2.75, 3.05) is 13.7 Å². The van der Waals surface area contributed by atoms with E-state index in [-0.39, 0.29) is 18.1 Å². The lowest BCUT2D eigenvalue weighted by atomic mass is 9.92. The van der Waals surface area contributed by atoms with E-state index in [1.807, 2.05) is 12.2 Å². The molecule has 0 saturated heterocycles. The zero-order valence-electron chi connectivity index (χ0n) is 15.9. The molecule has 0 fully saturated rings. The third-order valence-corrected chi connectivity index (χ3v) is 4.27. The van der Waals surface area contributed by atoms with Crippen LogP contribution in [0, 0.1) is 23.5 Å². The highest BCUT2D eigenvalue weighted by atomic mass is 19.2. The molecule has 0 saturated carbocycles. The first-order valence-electron chi connectivity index (χ1n) is 8.62. The molecule has 26 heavy (non-hydrogen) atoms. The SMILES string of the molecule is C=CC(C)CCC(C)C(=C)/C=C\C(=C)COc1ccc(OC)c(F)c1F. The van der Waals surface area contributed by atoms with Crippen LogP contribution in [0.1, 0.15) is 26.7 Å². The Kier molecular flexibility index (Phi) is 8.83. The molecule has 0 bridgehead atoms. The summed E-state index contributed by atoms with van der Waals surface area (Å²) in [6, 6.07) is 2.65. The number of hydrogen-bond donors (Lipinski definition) is 0. The maximum absolute atomic E-state index is 13.8. The lowest BCUT2D eigenvalue weighted by Gasteiger charge is -2.14. The monoisotopic (exact) mass is 362 g/mol. The highest BCUT2D eigenvalue weighted by molar-refractivity contribution is 5.35. The predicted molar refractivity (Wildman–Crippen MR) is 104 cm³/mol. The van der Waals surface area contributed by atoms with Crippen LogP contribution in [-0.2, 0) is 0 Å². The molecule has 1 aromatic carbocycles. The molecule has 2 unspecified atom stereocenters. The van der Waals surface area contributed by atoms with Gasteiger partial charge in [-0.15, -0.1) is 6.58 Å². The van der Waals surface area contributed by atoms with Crippen molar-refractivity contribution in [3.63, 3.8) is 0 Å². The topological polar surface area (TPSA) is 18.5 Å². The summed E-state index contributed by atoms with van der Waals surface area (Å²) in [5.41, 5.74) is 1.62. The van der Waals surface area contributed by atoms with Gasteiger partial charge < -0.3 is 9.47 Å². The first-order valence-corrected chi connectivity index (χ1v) is 8.62. The standard InChI is InChI=1S/C22H28F2O2/c1-7-15(2)8-10-17(4)18(5)11-9-16(3)14-26-20-13-12-19(25-6)21(23)22(20)24/h7,9,11-13,15,17H,1,3,5,8,10,14H2,2,4,6H3/b11-9-. The molecule has 0 aromatic heterocycles. The number of hydrogen-bond acceptors (Lipinski definition) is 2. The molecule has 0 N–H and O–H groups in total. The molecule has 2 atom stereocenters. The molecule has 1 rings (SSSR count). The van der Waals surface area contributed by atoms with Gasteiger partial charge in [0, 0.05) is 0 Å². The van der Waals surface area contributed by atoms with Gasteiger partial charge in [-0.05, 0) is 42.4 Å².